The monoisotopic (exact) mass is 613 g/mol. The highest BCUT2D eigenvalue weighted by Crippen LogP contribution is 2.27. The lowest BCUT2D eigenvalue weighted by molar-refractivity contribution is -0.160. The molecular weight excluding hydrogens is 566 g/mol. The first-order chi connectivity index (χ1) is 20.3. The number of carbonyl (C=O) groups excluding carboxylic acids is 3. The predicted molar refractivity (Wildman–Crippen MR) is 165 cm³/mol. The van der Waals surface area contributed by atoms with Crippen molar-refractivity contribution in [1.29, 1.82) is 0 Å². The molecule has 2 aromatic carbocycles. The molecule has 0 unspecified atom stereocenters. The molecule has 3 rings (SSSR count). The number of rotatable bonds is 5. The van der Waals surface area contributed by atoms with Gasteiger partial charge in [0.1, 0.15) is 28.8 Å². The highest BCUT2D eigenvalue weighted by atomic mass is 16.6. The van der Waals surface area contributed by atoms with Gasteiger partial charge in [-0.2, -0.15) is 4.90 Å². The van der Waals surface area contributed by atoms with Crippen molar-refractivity contribution in [3.05, 3.63) is 58.7 Å². The Morgan fingerprint density at radius 1 is 0.727 bits per heavy atom. The zero-order valence-corrected chi connectivity index (χ0v) is 27.8. The molecule has 0 aliphatic carbocycles. The van der Waals surface area contributed by atoms with Gasteiger partial charge in [-0.25, -0.2) is 14.4 Å². The van der Waals surface area contributed by atoms with E-state index in [1.54, 1.807) is 48.5 Å². The zero-order valence-electron chi connectivity index (χ0n) is 27.8. The Hall–Kier alpha value is -3.79. The predicted octanol–water partition coefficient (Wildman–Crippen LogP) is 6.62. The van der Waals surface area contributed by atoms with Crippen LogP contribution in [-0.2, 0) is 23.7 Å². The third-order valence-electron chi connectivity index (χ3n) is 6.40. The highest BCUT2D eigenvalue weighted by molar-refractivity contribution is 5.94. The van der Waals surface area contributed by atoms with E-state index in [2.05, 4.69) is 0 Å². The van der Waals surface area contributed by atoms with Crippen LogP contribution in [0, 0.1) is 27.7 Å². The molecule has 2 aromatic rings. The van der Waals surface area contributed by atoms with Gasteiger partial charge in [0.15, 0.2) is 18.2 Å². The summed E-state index contributed by atoms with van der Waals surface area (Å²) in [6.07, 6.45) is -4.57. The van der Waals surface area contributed by atoms with Crippen molar-refractivity contribution in [2.75, 3.05) is 13.2 Å². The molecule has 0 aromatic heterocycles. The molecule has 1 aliphatic heterocycles. The van der Waals surface area contributed by atoms with E-state index in [-0.39, 0.29) is 13.2 Å². The van der Waals surface area contributed by atoms with Crippen LogP contribution in [0.4, 0.5) is 9.59 Å². The summed E-state index contributed by atoms with van der Waals surface area (Å²) >= 11 is 0. The summed E-state index contributed by atoms with van der Waals surface area (Å²) < 4.78 is 35.8. The summed E-state index contributed by atoms with van der Waals surface area (Å²) in [5.74, 6) is 0.295. The number of imide groups is 1. The molecule has 44 heavy (non-hydrogen) atoms. The summed E-state index contributed by atoms with van der Waals surface area (Å²) in [5, 5.41) is 0. The molecule has 1 saturated heterocycles. The molecule has 0 N–H and O–H groups in total. The van der Waals surface area contributed by atoms with E-state index >= 15 is 0 Å². The van der Waals surface area contributed by atoms with Crippen molar-refractivity contribution in [3.63, 3.8) is 0 Å². The standard InChI is InChI=1S/C34H47NO9/c1-20-12-21(2)15-25(14-20)41-28-19-39-18-27(35(31(37)43-33(6,7)8)32(38)44-34(9,10)11)30(36)40-24(5)29(28)42-26-16-22(3)13-23(4)17-26/h12-17,24,27-29H,18-19H2,1-11H3/t24-,27-,28-,29-/m0/s1. The lowest BCUT2D eigenvalue weighted by Crippen LogP contribution is -2.54. The average molecular weight is 614 g/mol. The van der Waals surface area contributed by atoms with Gasteiger partial charge in [-0.1, -0.05) is 12.1 Å². The van der Waals surface area contributed by atoms with Crippen LogP contribution in [0.25, 0.3) is 0 Å². The van der Waals surface area contributed by atoms with Gasteiger partial charge >= 0.3 is 18.2 Å². The van der Waals surface area contributed by atoms with Crippen molar-refractivity contribution < 1.29 is 42.8 Å². The molecular formula is C34H47NO9. The van der Waals surface area contributed by atoms with Gasteiger partial charge in [-0.15, -0.1) is 0 Å². The number of carbonyl (C=O) groups is 3. The Labute approximate surface area is 260 Å². The van der Waals surface area contributed by atoms with Crippen molar-refractivity contribution in [3.8, 4) is 11.5 Å². The van der Waals surface area contributed by atoms with E-state index in [1.165, 1.54) is 0 Å². The zero-order chi connectivity index (χ0) is 33.0. The number of esters is 1. The van der Waals surface area contributed by atoms with Crippen LogP contribution in [0.15, 0.2) is 36.4 Å². The summed E-state index contributed by atoms with van der Waals surface area (Å²) in [5.41, 5.74) is 2.12. The molecule has 1 heterocycles. The Kier molecular flexibility index (Phi) is 10.9. The molecule has 10 nitrogen and oxygen atoms in total. The SMILES string of the molecule is Cc1cc(C)cc(O[C@H]2[C@H](C)OC(=O)[C@@H](N(C(=O)OC(C)(C)C)C(=O)OC(C)(C)C)COC[C@@H]2Oc2cc(C)cc(C)c2)c1. The van der Waals surface area contributed by atoms with E-state index in [0.717, 1.165) is 22.3 Å². The van der Waals surface area contributed by atoms with Gasteiger partial charge in [0.05, 0.1) is 13.2 Å². The van der Waals surface area contributed by atoms with Crippen LogP contribution in [0.2, 0.25) is 0 Å². The van der Waals surface area contributed by atoms with E-state index in [1.807, 2.05) is 64.1 Å². The summed E-state index contributed by atoms with van der Waals surface area (Å²) in [7, 11) is 0. The smallest absolute Gasteiger partial charge is 0.420 e. The van der Waals surface area contributed by atoms with Crippen LogP contribution < -0.4 is 9.47 Å². The maximum atomic E-state index is 13.7. The van der Waals surface area contributed by atoms with Crippen molar-refractivity contribution >= 4 is 18.2 Å². The number of amides is 2. The fourth-order valence-corrected chi connectivity index (χ4v) is 4.83. The van der Waals surface area contributed by atoms with Crippen LogP contribution in [0.1, 0.15) is 70.7 Å². The van der Waals surface area contributed by atoms with Crippen LogP contribution in [-0.4, -0.2) is 71.8 Å². The third-order valence-corrected chi connectivity index (χ3v) is 6.40. The molecule has 1 aliphatic rings. The van der Waals surface area contributed by atoms with Crippen LogP contribution in [0.3, 0.4) is 0 Å². The molecule has 0 spiro atoms. The van der Waals surface area contributed by atoms with Crippen molar-refractivity contribution in [1.82, 2.24) is 4.90 Å². The first-order valence-corrected chi connectivity index (χ1v) is 14.8. The van der Waals surface area contributed by atoms with E-state index in [4.69, 9.17) is 28.4 Å². The lowest BCUT2D eigenvalue weighted by Gasteiger charge is -2.33. The second-order valence-corrected chi connectivity index (χ2v) is 13.4. The second kappa shape index (κ2) is 13.9. The maximum absolute atomic E-state index is 13.7. The Morgan fingerprint density at radius 2 is 1.16 bits per heavy atom. The Balaban J connectivity index is 2.02. The number of nitrogens with zero attached hydrogens (tertiary/aromatic N) is 1. The quantitative estimate of drug-likeness (QED) is 0.271. The molecule has 1 fully saturated rings. The minimum Gasteiger partial charge on any atom is -0.484 e. The summed E-state index contributed by atoms with van der Waals surface area (Å²) in [6.45, 7) is 19.1. The lowest BCUT2D eigenvalue weighted by atomic mass is 10.1. The van der Waals surface area contributed by atoms with Gasteiger partial charge in [-0.3, -0.25) is 0 Å². The molecule has 10 heteroatoms. The maximum Gasteiger partial charge on any atom is 0.420 e. The molecule has 2 amide bonds. The number of hydrogen-bond acceptors (Lipinski definition) is 9. The second-order valence-electron chi connectivity index (χ2n) is 13.4. The topological polar surface area (TPSA) is 110 Å². The average Bonchev–Trinajstić information content (AvgIpc) is 2.86. The fraction of sp³-hybridized carbons (Fsp3) is 0.559. The molecule has 242 valence electrons. The summed E-state index contributed by atoms with van der Waals surface area (Å²) in [6, 6.07) is 10.1. The van der Waals surface area contributed by atoms with E-state index in [0.29, 0.717) is 16.4 Å². The van der Waals surface area contributed by atoms with Gasteiger partial charge in [0.2, 0.25) is 0 Å². The molecule has 0 bridgehead atoms. The summed E-state index contributed by atoms with van der Waals surface area (Å²) in [4.78, 5) is 41.0. The first-order valence-electron chi connectivity index (χ1n) is 14.8. The van der Waals surface area contributed by atoms with Crippen molar-refractivity contribution in [2.45, 2.75) is 112 Å². The highest BCUT2D eigenvalue weighted by Gasteiger charge is 2.45. The first kappa shape index (κ1) is 34.7. The van der Waals surface area contributed by atoms with Gasteiger partial charge in [0.25, 0.3) is 0 Å². The minimum absolute atomic E-state index is 0.0452. The largest absolute Gasteiger partial charge is 0.484 e. The Morgan fingerprint density at radius 3 is 1.59 bits per heavy atom. The molecule has 0 radical (unpaired) electrons. The normalized spacial score (nSPS) is 21.2. The molecule has 0 saturated carbocycles. The van der Waals surface area contributed by atoms with Crippen LogP contribution in [0.5, 0.6) is 11.5 Å². The van der Waals surface area contributed by atoms with Gasteiger partial charge < -0.3 is 28.4 Å². The molecule has 4 atom stereocenters. The number of benzene rings is 2. The Bertz CT molecular complexity index is 1270. The van der Waals surface area contributed by atoms with Crippen LogP contribution >= 0.6 is 0 Å². The fourth-order valence-electron chi connectivity index (χ4n) is 4.83. The van der Waals surface area contributed by atoms with Crippen molar-refractivity contribution in [2.24, 2.45) is 0 Å². The number of ether oxygens (including phenoxy) is 6. The minimum atomic E-state index is -1.50. The third kappa shape index (κ3) is 10.1. The van der Waals surface area contributed by atoms with Gasteiger partial charge in [-0.05, 0) is 123 Å². The van der Waals surface area contributed by atoms with Gasteiger partial charge in [0, 0.05) is 0 Å². The number of aryl methyl sites for hydroxylation is 4. The van der Waals surface area contributed by atoms with E-state index in [9.17, 15) is 14.4 Å². The number of cyclic esters (lactones) is 1. The number of hydrogen-bond donors (Lipinski definition) is 0. The van der Waals surface area contributed by atoms with E-state index < -0.39 is 53.7 Å².